The lowest BCUT2D eigenvalue weighted by molar-refractivity contribution is 0.168. The summed E-state index contributed by atoms with van der Waals surface area (Å²) in [5, 5.41) is 0.589. The quantitative estimate of drug-likeness (QED) is 0.579. The minimum absolute atomic E-state index is 0.290. The monoisotopic (exact) mass is 256 g/mol. The highest BCUT2D eigenvalue weighted by atomic mass is 31.2. The van der Waals surface area contributed by atoms with Crippen LogP contribution in [0.15, 0.2) is 30.3 Å². The van der Waals surface area contributed by atoms with Crippen molar-refractivity contribution in [1.29, 1.82) is 0 Å². The van der Waals surface area contributed by atoms with Crippen LogP contribution in [-0.4, -0.2) is 25.4 Å². The van der Waals surface area contributed by atoms with Gasteiger partial charge in [-0.25, -0.2) is 0 Å². The van der Waals surface area contributed by atoms with Gasteiger partial charge in [0.15, 0.2) is 0 Å². The SMILES string of the molecule is CCOP(=O)(OCC1(C)CO1)c1ccccc1. The van der Waals surface area contributed by atoms with Crippen LogP contribution in [0.2, 0.25) is 0 Å². The van der Waals surface area contributed by atoms with Gasteiger partial charge in [-0.15, -0.1) is 0 Å². The van der Waals surface area contributed by atoms with Crippen molar-refractivity contribution in [3.63, 3.8) is 0 Å². The van der Waals surface area contributed by atoms with Crippen LogP contribution >= 0.6 is 7.60 Å². The zero-order chi connectivity index (χ0) is 12.4. The van der Waals surface area contributed by atoms with Gasteiger partial charge < -0.3 is 13.8 Å². The molecule has 1 aliphatic rings. The molecule has 2 rings (SSSR count). The Balaban J connectivity index is 2.11. The second-order valence-corrected chi connectivity index (χ2v) is 6.29. The number of rotatable bonds is 6. The normalized spacial score (nSPS) is 26.5. The number of ether oxygens (including phenoxy) is 1. The first-order chi connectivity index (χ1) is 8.08. The van der Waals surface area contributed by atoms with E-state index < -0.39 is 7.60 Å². The highest BCUT2D eigenvalue weighted by molar-refractivity contribution is 7.62. The van der Waals surface area contributed by atoms with E-state index in [2.05, 4.69) is 0 Å². The zero-order valence-corrected chi connectivity index (χ0v) is 11.0. The summed E-state index contributed by atoms with van der Waals surface area (Å²) >= 11 is 0. The Morgan fingerprint density at radius 1 is 1.35 bits per heavy atom. The Morgan fingerprint density at radius 2 is 2.00 bits per heavy atom. The lowest BCUT2D eigenvalue weighted by Gasteiger charge is -2.19. The lowest BCUT2D eigenvalue weighted by Crippen LogP contribution is -2.18. The molecule has 1 aliphatic heterocycles. The maximum atomic E-state index is 12.6. The van der Waals surface area contributed by atoms with E-state index in [4.69, 9.17) is 13.8 Å². The van der Waals surface area contributed by atoms with Crippen molar-refractivity contribution in [3.05, 3.63) is 30.3 Å². The molecule has 1 aromatic carbocycles. The Hall–Kier alpha value is -0.670. The van der Waals surface area contributed by atoms with Gasteiger partial charge in [0, 0.05) is 0 Å². The highest BCUT2D eigenvalue weighted by Crippen LogP contribution is 2.48. The van der Waals surface area contributed by atoms with Crippen LogP contribution in [0, 0.1) is 0 Å². The Morgan fingerprint density at radius 3 is 2.53 bits per heavy atom. The first kappa shape index (κ1) is 12.8. The van der Waals surface area contributed by atoms with E-state index in [0.717, 1.165) is 0 Å². The smallest absolute Gasteiger partial charge is 0.361 e. The molecule has 4 nitrogen and oxygen atoms in total. The average molecular weight is 256 g/mol. The Bertz CT molecular complexity index is 414. The number of benzene rings is 1. The van der Waals surface area contributed by atoms with Gasteiger partial charge in [-0.2, -0.15) is 0 Å². The van der Waals surface area contributed by atoms with E-state index in [1.165, 1.54) is 0 Å². The largest absolute Gasteiger partial charge is 0.367 e. The first-order valence-corrected chi connectivity index (χ1v) is 7.21. The second kappa shape index (κ2) is 4.91. The van der Waals surface area contributed by atoms with Crippen LogP contribution in [-0.2, 0) is 18.3 Å². The van der Waals surface area contributed by atoms with Crippen molar-refractivity contribution in [2.75, 3.05) is 19.8 Å². The molecule has 0 saturated carbocycles. The summed E-state index contributed by atoms with van der Waals surface area (Å²) in [6.07, 6.45) is 0. The van der Waals surface area contributed by atoms with Crippen LogP contribution in [0.3, 0.4) is 0 Å². The predicted molar refractivity (Wildman–Crippen MR) is 65.6 cm³/mol. The van der Waals surface area contributed by atoms with Crippen molar-refractivity contribution >= 4 is 12.9 Å². The predicted octanol–water partition coefficient (Wildman–Crippen LogP) is 2.35. The van der Waals surface area contributed by atoms with Gasteiger partial charge in [-0.1, -0.05) is 18.2 Å². The molecule has 94 valence electrons. The summed E-state index contributed by atoms with van der Waals surface area (Å²) in [6, 6.07) is 9.02. The Labute approximate surface area is 101 Å². The number of hydrogen-bond acceptors (Lipinski definition) is 4. The highest BCUT2D eigenvalue weighted by Gasteiger charge is 2.42. The molecule has 1 fully saturated rings. The zero-order valence-electron chi connectivity index (χ0n) is 10.1. The third-order valence-electron chi connectivity index (χ3n) is 2.55. The first-order valence-electron chi connectivity index (χ1n) is 5.67. The minimum Gasteiger partial charge on any atom is -0.367 e. The lowest BCUT2D eigenvalue weighted by atomic mass is 10.2. The summed E-state index contributed by atoms with van der Waals surface area (Å²) in [7, 11) is -3.21. The average Bonchev–Trinajstić information content (AvgIpc) is 3.07. The molecule has 2 atom stereocenters. The molecule has 0 spiro atoms. The maximum absolute atomic E-state index is 12.6. The van der Waals surface area contributed by atoms with E-state index in [1.807, 2.05) is 25.1 Å². The van der Waals surface area contributed by atoms with Crippen molar-refractivity contribution in [3.8, 4) is 0 Å². The third-order valence-corrected chi connectivity index (χ3v) is 4.55. The van der Waals surface area contributed by atoms with E-state index in [1.54, 1.807) is 19.1 Å². The molecule has 2 unspecified atom stereocenters. The van der Waals surface area contributed by atoms with Gasteiger partial charge in [0.1, 0.15) is 5.60 Å². The molecule has 5 heteroatoms. The fourth-order valence-electron chi connectivity index (χ4n) is 1.39. The topological polar surface area (TPSA) is 48.1 Å². The third kappa shape index (κ3) is 3.17. The van der Waals surface area contributed by atoms with Gasteiger partial charge in [0.25, 0.3) is 0 Å². The number of epoxide rings is 1. The van der Waals surface area contributed by atoms with Crippen molar-refractivity contribution in [1.82, 2.24) is 0 Å². The molecule has 0 radical (unpaired) electrons. The van der Waals surface area contributed by atoms with Crippen molar-refractivity contribution < 1.29 is 18.3 Å². The molecule has 1 heterocycles. The molecule has 0 aromatic heterocycles. The Kier molecular flexibility index (Phi) is 3.69. The second-order valence-electron chi connectivity index (χ2n) is 4.26. The van der Waals surface area contributed by atoms with E-state index >= 15 is 0 Å². The molecule has 1 aromatic rings. The molecule has 0 bridgehead atoms. The molecule has 0 N–H and O–H groups in total. The van der Waals surface area contributed by atoms with E-state index in [9.17, 15) is 4.57 Å². The van der Waals surface area contributed by atoms with Crippen LogP contribution in [0.5, 0.6) is 0 Å². The molecule has 1 saturated heterocycles. The molecule has 0 amide bonds. The van der Waals surface area contributed by atoms with Crippen molar-refractivity contribution in [2.24, 2.45) is 0 Å². The van der Waals surface area contributed by atoms with Gasteiger partial charge in [-0.05, 0) is 26.0 Å². The summed E-state index contributed by atoms with van der Waals surface area (Å²) in [5.41, 5.74) is -0.290. The molecule has 17 heavy (non-hydrogen) atoms. The summed E-state index contributed by atoms with van der Waals surface area (Å²) in [4.78, 5) is 0. The standard InChI is InChI=1S/C12H17O4P/c1-3-15-17(13,11-7-5-4-6-8-11)16-10-12(2)9-14-12/h4-8H,3,9-10H2,1-2H3. The van der Waals surface area contributed by atoms with Crippen LogP contribution in [0.25, 0.3) is 0 Å². The van der Waals surface area contributed by atoms with Crippen molar-refractivity contribution in [2.45, 2.75) is 19.4 Å². The van der Waals surface area contributed by atoms with Gasteiger partial charge in [-0.3, -0.25) is 4.57 Å². The summed E-state index contributed by atoms with van der Waals surface area (Å²) in [5.74, 6) is 0. The fourth-order valence-corrected chi connectivity index (χ4v) is 3.09. The summed E-state index contributed by atoms with van der Waals surface area (Å²) < 4.78 is 28.6. The number of hydrogen-bond donors (Lipinski definition) is 0. The van der Waals surface area contributed by atoms with E-state index in [-0.39, 0.29) is 5.60 Å². The van der Waals surface area contributed by atoms with Gasteiger partial charge in [0.05, 0.1) is 25.1 Å². The molecular weight excluding hydrogens is 239 g/mol. The van der Waals surface area contributed by atoms with Crippen LogP contribution < -0.4 is 5.30 Å². The minimum atomic E-state index is -3.21. The van der Waals surface area contributed by atoms with E-state index in [0.29, 0.717) is 25.1 Å². The van der Waals surface area contributed by atoms with Crippen LogP contribution in [0.4, 0.5) is 0 Å². The van der Waals surface area contributed by atoms with Gasteiger partial charge in [0.2, 0.25) is 0 Å². The molecular formula is C12H17O4P. The van der Waals surface area contributed by atoms with Gasteiger partial charge >= 0.3 is 7.60 Å². The molecule has 0 aliphatic carbocycles. The fraction of sp³-hybridized carbons (Fsp3) is 0.500. The van der Waals surface area contributed by atoms with Crippen LogP contribution in [0.1, 0.15) is 13.8 Å². The maximum Gasteiger partial charge on any atom is 0.361 e. The summed E-state index contributed by atoms with van der Waals surface area (Å²) in [6.45, 7) is 5.01.